The van der Waals surface area contributed by atoms with E-state index in [9.17, 15) is 9.59 Å². The van der Waals surface area contributed by atoms with Gasteiger partial charge in [-0.1, -0.05) is 0 Å². The van der Waals surface area contributed by atoms with Crippen molar-refractivity contribution >= 4 is 11.8 Å². The molecule has 2 heterocycles. The van der Waals surface area contributed by atoms with E-state index in [1.807, 2.05) is 4.90 Å². The Balaban J connectivity index is 1.71. The van der Waals surface area contributed by atoms with Gasteiger partial charge in [-0.25, -0.2) is 0 Å². The quantitative estimate of drug-likeness (QED) is 0.662. The largest absolute Gasteiger partial charge is 0.377 e. The Morgan fingerprint density at radius 1 is 1.50 bits per heavy atom. The molecule has 2 saturated heterocycles. The number of morpholine rings is 1. The smallest absolute Gasteiger partial charge is 0.245 e. The van der Waals surface area contributed by atoms with Gasteiger partial charge in [-0.2, -0.15) is 0 Å². The summed E-state index contributed by atoms with van der Waals surface area (Å²) >= 11 is 0. The second kappa shape index (κ2) is 3.45. The fourth-order valence-electron chi connectivity index (χ4n) is 2.62. The van der Waals surface area contributed by atoms with Crippen molar-refractivity contribution in [1.82, 2.24) is 10.2 Å². The van der Waals surface area contributed by atoms with Crippen LogP contribution in [0.25, 0.3) is 0 Å². The third kappa shape index (κ3) is 1.50. The van der Waals surface area contributed by atoms with E-state index in [4.69, 9.17) is 4.74 Å². The fourth-order valence-corrected chi connectivity index (χ4v) is 2.62. The number of nitrogens with one attached hydrogen (secondary N) is 1. The molecule has 1 saturated carbocycles. The van der Waals surface area contributed by atoms with E-state index in [1.165, 1.54) is 0 Å². The highest BCUT2D eigenvalue weighted by Gasteiger charge is 2.53. The first-order chi connectivity index (χ1) is 7.71. The zero-order valence-electron chi connectivity index (χ0n) is 9.20. The molecule has 1 atom stereocenters. The molecule has 0 unspecified atom stereocenters. The molecule has 88 valence electrons. The average molecular weight is 224 g/mol. The van der Waals surface area contributed by atoms with Crippen molar-refractivity contribution < 1.29 is 14.3 Å². The van der Waals surface area contributed by atoms with Crippen LogP contribution < -0.4 is 5.32 Å². The van der Waals surface area contributed by atoms with E-state index in [2.05, 4.69) is 5.32 Å². The molecule has 1 N–H and O–H groups in total. The Morgan fingerprint density at radius 2 is 2.31 bits per heavy atom. The fraction of sp³-hybridized carbons (Fsp3) is 0.818. The minimum Gasteiger partial charge on any atom is -0.377 e. The Labute approximate surface area is 94.1 Å². The molecule has 5 nitrogen and oxygen atoms in total. The maximum atomic E-state index is 12.3. The SMILES string of the molecule is O=C1CC[C@H](C(=O)N2CCOCC23CC3)N1. The molecule has 0 radical (unpaired) electrons. The van der Waals surface area contributed by atoms with E-state index >= 15 is 0 Å². The number of amides is 2. The van der Waals surface area contributed by atoms with E-state index in [-0.39, 0.29) is 23.4 Å². The van der Waals surface area contributed by atoms with Gasteiger partial charge in [0.2, 0.25) is 11.8 Å². The molecule has 0 aromatic rings. The Kier molecular flexibility index (Phi) is 2.17. The molecule has 16 heavy (non-hydrogen) atoms. The van der Waals surface area contributed by atoms with E-state index < -0.39 is 0 Å². The highest BCUT2D eigenvalue weighted by Crippen LogP contribution is 2.44. The summed E-state index contributed by atoms with van der Waals surface area (Å²) in [6, 6.07) is -0.289. The van der Waals surface area contributed by atoms with Crippen LogP contribution in [0.1, 0.15) is 25.7 Å². The van der Waals surface area contributed by atoms with Crippen molar-refractivity contribution in [2.75, 3.05) is 19.8 Å². The van der Waals surface area contributed by atoms with Crippen LogP contribution in [0.3, 0.4) is 0 Å². The van der Waals surface area contributed by atoms with Crippen molar-refractivity contribution in [2.45, 2.75) is 37.3 Å². The van der Waals surface area contributed by atoms with Crippen LogP contribution in [0.5, 0.6) is 0 Å². The standard InChI is InChI=1S/C11H16N2O3/c14-9-2-1-8(12-9)10(15)13-5-6-16-7-11(13)3-4-11/h8H,1-7H2,(H,12,14)/t8-/m1/s1. The lowest BCUT2D eigenvalue weighted by atomic mass is 10.1. The van der Waals surface area contributed by atoms with Crippen molar-refractivity contribution in [2.24, 2.45) is 0 Å². The van der Waals surface area contributed by atoms with Gasteiger partial charge in [0, 0.05) is 13.0 Å². The van der Waals surface area contributed by atoms with Crippen molar-refractivity contribution in [3.8, 4) is 0 Å². The first-order valence-corrected chi connectivity index (χ1v) is 5.90. The lowest BCUT2D eigenvalue weighted by molar-refractivity contribution is -0.144. The zero-order chi connectivity index (χ0) is 11.2. The van der Waals surface area contributed by atoms with Gasteiger partial charge in [-0.3, -0.25) is 9.59 Å². The minimum absolute atomic E-state index is 0.00328. The number of hydrogen-bond donors (Lipinski definition) is 1. The predicted molar refractivity (Wildman–Crippen MR) is 55.7 cm³/mol. The molecule has 3 fully saturated rings. The van der Waals surface area contributed by atoms with Crippen LogP contribution in [-0.4, -0.2) is 48.1 Å². The van der Waals surface area contributed by atoms with Gasteiger partial charge < -0.3 is 15.0 Å². The second-order valence-corrected chi connectivity index (χ2v) is 4.93. The van der Waals surface area contributed by atoms with Crippen LogP contribution in [0.2, 0.25) is 0 Å². The number of hydrogen-bond acceptors (Lipinski definition) is 3. The molecule has 3 aliphatic rings. The third-order valence-electron chi connectivity index (χ3n) is 3.79. The third-order valence-corrected chi connectivity index (χ3v) is 3.79. The minimum atomic E-state index is -0.289. The first-order valence-electron chi connectivity index (χ1n) is 5.90. The first kappa shape index (κ1) is 10.1. The van der Waals surface area contributed by atoms with Gasteiger partial charge in [-0.15, -0.1) is 0 Å². The summed E-state index contributed by atoms with van der Waals surface area (Å²) in [5.41, 5.74) is -0.0251. The van der Waals surface area contributed by atoms with Gasteiger partial charge in [0.05, 0.1) is 18.8 Å². The number of carbonyl (C=O) groups is 2. The number of nitrogens with zero attached hydrogens (tertiary/aromatic N) is 1. The summed E-state index contributed by atoms with van der Waals surface area (Å²) in [6.45, 7) is 1.96. The van der Waals surface area contributed by atoms with Crippen LogP contribution in [0, 0.1) is 0 Å². The summed E-state index contributed by atoms with van der Waals surface area (Å²) in [5.74, 6) is 0.0862. The summed E-state index contributed by atoms with van der Waals surface area (Å²) in [6.07, 6.45) is 3.21. The van der Waals surface area contributed by atoms with E-state index in [1.54, 1.807) is 0 Å². The molecule has 3 rings (SSSR count). The molecule has 2 amide bonds. The monoisotopic (exact) mass is 224 g/mol. The molecular weight excluding hydrogens is 208 g/mol. The molecule has 1 aliphatic carbocycles. The normalized spacial score (nSPS) is 31.6. The van der Waals surface area contributed by atoms with E-state index in [0.717, 1.165) is 12.8 Å². The number of carbonyl (C=O) groups excluding carboxylic acids is 2. The van der Waals surface area contributed by atoms with Crippen LogP contribution in [0.4, 0.5) is 0 Å². The van der Waals surface area contributed by atoms with Gasteiger partial charge >= 0.3 is 0 Å². The highest BCUT2D eigenvalue weighted by atomic mass is 16.5. The van der Waals surface area contributed by atoms with Crippen LogP contribution in [0.15, 0.2) is 0 Å². The summed E-state index contributed by atoms with van der Waals surface area (Å²) in [7, 11) is 0. The Hall–Kier alpha value is -1.10. The molecule has 2 aliphatic heterocycles. The maximum absolute atomic E-state index is 12.3. The van der Waals surface area contributed by atoms with Gasteiger partial charge in [0.1, 0.15) is 6.04 Å². The average Bonchev–Trinajstić information content (AvgIpc) is 2.90. The van der Waals surface area contributed by atoms with Crippen LogP contribution >= 0.6 is 0 Å². The maximum Gasteiger partial charge on any atom is 0.245 e. The van der Waals surface area contributed by atoms with Crippen molar-refractivity contribution in [1.29, 1.82) is 0 Å². The van der Waals surface area contributed by atoms with Gasteiger partial charge in [0.15, 0.2) is 0 Å². The topological polar surface area (TPSA) is 58.6 Å². The predicted octanol–water partition coefficient (Wildman–Crippen LogP) is -0.344. The number of ether oxygens (including phenoxy) is 1. The summed E-state index contributed by atoms with van der Waals surface area (Å²) < 4.78 is 5.43. The van der Waals surface area contributed by atoms with Crippen LogP contribution in [-0.2, 0) is 14.3 Å². The molecule has 0 aromatic heterocycles. The Morgan fingerprint density at radius 3 is 2.94 bits per heavy atom. The molecule has 5 heteroatoms. The lowest BCUT2D eigenvalue weighted by Crippen LogP contribution is -2.55. The molecule has 0 aromatic carbocycles. The highest BCUT2D eigenvalue weighted by molar-refractivity contribution is 5.91. The zero-order valence-corrected chi connectivity index (χ0v) is 9.20. The Bertz CT molecular complexity index is 338. The molecule has 1 spiro atoms. The molecular formula is C11H16N2O3. The van der Waals surface area contributed by atoms with Crippen molar-refractivity contribution in [3.05, 3.63) is 0 Å². The van der Waals surface area contributed by atoms with Crippen molar-refractivity contribution in [3.63, 3.8) is 0 Å². The molecule has 0 bridgehead atoms. The summed E-state index contributed by atoms with van der Waals surface area (Å²) in [5, 5.41) is 2.75. The van der Waals surface area contributed by atoms with E-state index in [0.29, 0.717) is 32.6 Å². The number of rotatable bonds is 1. The second-order valence-electron chi connectivity index (χ2n) is 4.93. The lowest BCUT2D eigenvalue weighted by Gasteiger charge is -2.37. The van der Waals surface area contributed by atoms with Gasteiger partial charge in [-0.05, 0) is 19.3 Å². The van der Waals surface area contributed by atoms with Gasteiger partial charge in [0.25, 0.3) is 0 Å². The summed E-state index contributed by atoms with van der Waals surface area (Å²) in [4.78, 5) is 25.3.